The SMILES string of the molecule is CC(=O)n1cc(C2C=C(C(=O)NCc3ccc(C(=O)Nc4ccccc4N)cc3)OC(OCc3ccc(CO)cc3)C2)c2ccccc21. The van der Waals surface area contributed by atoms with Crippen LogP contribution in [-0.4, -0.2) is 33.7 Å². The topological polar surface area (TPSA) is 145 Å². The number of hydrogen-bond donors (Lipinski definition) is 4. The summed E-state index contributed by atoms with van der Waals surface area (Å²) in [6.07, 6.45) is 3.29. The minimum absolute atomic E-state index is 0.0467. The zero-order valence-electron chi connectivity index (χ0n) is 26.4. The van der Waals surface area contributed by atoms with Crippen molar-refractivity contribution in [3.8, 4) is 0 Å². The number of rotatable bonds is 10. The van der Waals surface area contributed by atoms with Crippen molar-refractivity contribution in [3.05, 3.63) is 143 Å². The third-order valence-corrected chi connectivity index (χ3v) is 8.28. The lowest BCUT2D eigenvalue weighted by molar-refractivity contribution is -0.150. The number of allylic oxidation sites excluding steroid dienone is 1. The summed E-state index contributed by atoms with van der Waals surface area (Å²) in [7, 11) is 0. The molecule has 48 heavy (non-hydrogen) atoms. The average molecular weight is 645 g/mol. The number of para-hydroxylation sites is 3. The number of hydrogen-bond acceptors (Lipinski definition) is 7. The number of aliphatic hydroxyl groups is 1. The van der Waals surface area contributed by atoms with Crippen LogP contribution >= 0.6 is 0 Å². The molecule has 2 amide bonds. The monoisotopic (exact) mass is 644 g/mol. The number of nitrogens with one attached hydrogen (secondary N) is 2. The number of fused-ring (bicyclic) bond motifs is 1. The van der Waals surface area contributed by atoms with Crippen molar-refractivity contribution < 1.29 is 29.0 Å². The number of ether oxygens (including phenoxy) is 2. The van der Waals surface area contributed by atoms with Gasteiger partial charge in [0.05, 0.1) is 30.1 Å². The average Bonchev–Trinajstić information content (AvgIpc) is 3.51. The van der Waals surface area contributed by atoms with Crippen LogP contribution in [0.5, 0.6) is 0 Å². The third-order valence-electron chi connectivity index (χ3n) is 8.28. The van der Waals surface area contributed by atoms with Crippen molar-refractivity contribution in [2.45, 2.75) is 45.3 Å². The second-order valence-corrected chi connectivity index (χ2v) is 11.6. The number of aromatic nitrogens is 1. The predicted molar refractivity (Wildman–Crippen MR) is 183 cm³/mol. The molecule has 1 aliphatic heterocycles. The standard InChI is InChI=1S/C38H36N4O6/c1-24(44)42-21-31(30-6-2-5-9-34(30)42)29-18-35(48-36(19-29)47-23-27-12-10-26(22-43)11-13-27)38(46)40-20-25-14-16-28(17-15-25)37(45)41-33-8-4-3-7-32(33)39/h2-18,21,29,36,43H,19-20,22-23,39H2,1H3,(H,40,46)(H,41,45). The van der Waals surface area contributed by atoms with E-state index in [-0.39, 0.29) is 43.2 Å². The molecule has 0 radical (unpaired) electrons. The summed E-state index contributed by atoms with van der Waals surface area (Å²) >= 11 is 0. The maximum atomic E-state index is 13.5. The first-order chi connectivity index (χ1) is 23.3. The van der Waals surface area contributed by atoms with Crippen LogP contribution in [0.4, 0.5) is 11.4 Å². The lowest BCUT2D eigenvalue weighted by Crippen LogP contribution is -2.32. The molecule has 0 bridgehead atoms. The van der Waals surface area contributed by atoms with Gasteiger partial charge in [-0.2, -0.15) is 0 Å². The molecular formula is C38H36N4O6. The largest absolute Gasteiger partial charge is 0.459 e. The maximum absolute atomic E-state index is 13.5. The van der Waals surface area contributed by atoms with Crippen molar-refractivity contribution in [1.29, 1.82) is 0 Å². The van der Waals surface area contributed by atoms with Gasteiger partial charge in [0.2, 0.25) is 12.2 Å². The van der Waals surface area contributed by atoms with E-state index in [4.69, 9.17) is 15.2 Å². The van der Waals surface area contributed by atoms with Crippen molar-refractivity contribution in [1.82, 2.24) is 9.88 Å². The highest BCUT2D eigenvalue weighted by atomic mass is 16.7. The van der Waals surface area contributed by atoms with Gasteiger partial charge in [-0.15, -0.1) is 0 Å². The van der Waals surface area contributed by atoms with Crippen LogP contribution in [0.2, 0.25) is 0 Å². The molecule has 4 aromatic carbocycles. The molecule has 10 heteroatoms. The molecule has 2 heterocycles. The number of benzene rings is 4. The van der Waals surface area contributed by atoms with Crippen molar-refractivity contribution in [3.63, 3.8) is 0 Å². The second kappa shape index (κ2) is 14.4. The Morgan fingerprint density at radius 1 is 0.896 bits per heavy atom. The highest BCUT2D eigenvalue weighted by molar-refractivity contribution is 6.05. The van der Waals surface area contributed by atoms with E-state index in [9.17, 15) is 19.5 Å². The van der Waals surface area contributed by atoms with Crippen LogP contribution in [0.3, 0.4) is 0 Å². The second-order valence-electron chi connectivity index (χ2n) is 11.6. The summed E-state index contributed by atoms with van der Waals surface area (Å²) in [5, 5.41) is 16.0. The van der Waals surface area contributed by atoms with E-state index in [1.165, 1.54) is 6.92 Å². The van der Waals surface area contributed by atoms with Gasteiger partial charge in [-0.3, -0.25) is 19.0 Å². The summed E-state index contributed by atoms with van der Waals surface area (Å²) < 4.78 is 13.9. The Labute approximate surface area is 277 Å². The minimum Gasteiger partial charge on any atom is -0.459 e. The van der Waals surface area contributed by atoms with Gasteiger partial charge in [-0.05, 0) is 58.7 Å². The Kier molecular flexibility index (Phi) is 9.65. The number of carbonyl (C=O) groups excluding carboxylic acids is 3. The fraction of sp³-hybridized carbons (Fsp3) is 0.184. The normalized spacial score (nSPS) is 15.8. The molecule has 2 atom stereocenters. The summed E-state index contributed by atoms with van der Waals surface area (Å²) in [5.41, 5.74) is 11.6. The number of anilines is 2. The van der Waals surface area contributed by atoms with Gasteiger partial charge in [-0.25, -0.2) is 0 Å². The van der Waals surface area contributed by atoms with Gasteiger partial charge in [0.1, 0.15) is 0 Å². The minimum atomic E-state index is -0.742. The number of nitrogens with zero attached hydrogens (tertiary/aromatic N) is 1. The van der Waals surface area contributed by atoms with Crippen molar-refractivity contribution >= 4 is 40.0 Å². The highest BCUT2D eigenvalue weighted by Crippen LogP contribution is 2.36. The van der Waals surface area contributed by atoms with Crippen LogP contribution < -0.4 is 16.4 Å². The summed E-state index contributed by atoms with van der Waals surface area (Å²) in [6, 6.07) is 29.0. The molecule has 5 N–H and O–H groups in total. The van der Waals surface area contributed by atoms with Gasteiger partial charge in [-0.1, -0.05) is 66.7 Å². The first kappa shape index (κ1) is 32.2. The van der Waals surface area contributed by atoms with E-state index in [0.717, 1.165) is 33.2 Å². The van der Waals surface area contributed by atoms with Gasteiger partial charge < -0.3 is 30.9 Å². The molecule has 0 spiro atoms. The molecule has 1 aromatic heterocycles. The van der Waals surface area contributed by atoms with Crippen LogP contribution in [0.25, 0.3) is 10.9 Å². The van der Waals surface area contributed by atoms with E-state index in [1.54, 1.807) is 59.2 Å². The van der Waals surface area contributed by atoms with Crippen LogP contribution in [-0.2, 0) is 34.0 Å². The molecule has 0 saturated carbocycles. The smallest absolute Gasteiger partial charge is 0.286 e. The Bertz CT molecular complexity index is 1980. The van der Waals surface area contributed by atoms with E-state index in [1.807, 2.05) is 54.7 Å². The van der Waals surface area contributed by atoms with E-state index in [0.29, 0.717) is 23.4 Å². The molecular weight excluding hydrogens is 608 g/mol. The summed E-state index contributed by atoms with van der Waals surface area (Å²) in [5.74, 6) is -0.987. The lowest BCUT2D eigenvalue weighted by Gasteiger charge is -2.29. The number of amides is 2. The number of carbonyl (C=O) groups is 3. The zero-order valence-corrected chi connectivity index (χ0v) is 26.4. The molecule has 0 fully saturated rings. The van der Waals surface area contributed by atoms with Crippen LogP contribution in [0.15, 0.2) is 115 Å². The Morgan fingerprint density at radius 2 is 1.58 bits per heavy atom. The first-order valence-electron chi connectivity index (χ1n) is 15.6. The molecule has 2 unspecified atom stereocenters. The predicted octanol–water partition coefficient (Wildman–Crippen LogP) is 5.88. The molecule has 1 aliphatic rings. The fourth-order valence-corrected chi connectivity index (χ4v) is 5.68. The first-order valence-corrected chi connectivity index (χ1v) is 15.6. The van der Waals surface area contributed by atoms with Gasteiger partial charge in [0.15, 0.2) is 5.76 Å². The Morgan fingerprint density at radius 3 is 2.31 bits per heavy atom. The molecule has 0 saturated heterocycles. The van der Waals surface area contributed by atoms with Crippen LogP contribution in [0.1, 0.15) is 56.7 Å². The van der Waals surface area contributed by atoms with Crippen molar-refractivity contribution in [2.75, 3.05) is 11.1 Å². The summed E-state index contributed by atoms with van der Waals surface area (Å²) in [4.78, 5) is 38.7. The lowest BCUT2D eigenvalue weighted by atomic mass is 9.92. The van der Waals surface area contributed by atoms with Crippen LogP contribution in [0, 0.1) is 0 Å². The number of nitrogen functional groups attached to an aromatic ring is 1. The highest BCUT2D eigenvalue weighted by Gasteiger charge is 2.31. The van der Waals surface area contributed by atoms with E-state index in [2.05, 4.69) is 10.6 Å². The molecule has 10 nitrogen and oxygen atoms in total. The Balaban J connectivity index is 1.18. The molecule has 6 rings (SSSR count). The van der Waals surface area contributed by atoms with Crippen molar-refractivity contribution in [2.24, 2.45) is 0 Å². The molecule has 244 valence electrons. The maximum Gasteiger partial charge on any atom is 0.286 e. The molecule has 5 aromatic rings. The van der Waals surface area contributed by atoms with Gasteiger partial charge in [0.25, 0.3) is 11.8 Å². The quantitative estimate of drug-likeness (QED) is 0.139. The fourth-order valence-electron chi connectivity index (χ4n) is 5.68. The Hall–Kier alpha value is -5.71. The third kappa shape index (κ3) is 7.30. The molecule has 0 aliphatic carbocycles. The zero-order chi connectivity index (χ0) is 33.6. The summed E-state index contributed by atoms with van der Waals surface area (Å²) in [6.45, 7) is 1.91. The van der Waals surface area contributed by atoms with E-state index >= 15 is 0 Å². The van der Waals surface area contributed by atoms with Gasteiger partial charge in [0, 0.05) is 43.0 Å². The number of nitrogens with two attached hydrogens (primary N) is 1. The van der Waals surface area contributed by atoms with Gasteiger partial charge >= 0.3 is 0 Å². The number of aliphatic hydroxyl groups excluding tert-OH is 1. The van der Waals surface area contributed by atoms with E-state index < -0.39 is 12.2 Å².